The fourth-order valence-electron chi connectivity index (χ4n) is 2.75. The first-order chi connectivity index (χ1) is 11.7. The van der Waals surface area contributed by atoms with Gasteiger partial charge in [0.25, 0.3) is 5.91 Å². The molecule has 1 aromatic heterocycles. The van der Waals surface area contributed by atoms with Crippen LogP contribution in [0.25, 0.3) is 11.0 Å². The van der Waals surface area contributed by atoms with Gasteiger partial charge < -0.3 is 9.73 Å². The van der Waals surface area contributed by atoms with E-state index in [0.29, 0.717) is 12.1 Å². The van der Waals surface area contributed by atoms with Crippen molar-refractivity contribution in [2.45, 2.75) is 19.3 Å². The lowest BCUT2D eigenvalue weighted by Gasteiger charge is -2.16. The highest BCUT2D eigenvalue weighted by molar-refractivity contribution is 5.96. The van der Waals surface area contributed by atoms with Crippen molar-refractivity contribution in [3.05, 3.63) is 82.2 Å². The number of para-hydroxylation sites is 1. The molecular weight excluding hydrogens is 302 g/mol. The van der Waals surface area contributed by atoms with Gasteiger partial charge in [0.1, 0.15) is 11.1 Å². The molecule has 24 heavy (non-hydrogen) atoms. The van der Waals surface area contributed by atoms with E-state index in [1.165, 1.54) is 5.56 Å². The number of amides is 1. The van der Waals surface area contributed by atoms with E-state index in [4.69, 9.17) is 4.42 Å². The van der Waals surface area contributed by atoms with Crippen LogP contribution in [0.4, 0.5) is 0 Å². The standard InChI is InChI=1S/C20H19NO3/c1-2-14(15-8-4-3-5-9-15)13-21-19(22)17-12-16-10-6-7-11-18(16)24-20(17)23/h3-12,14H,2,13H2,1H3,(H,21,22)/t14-/m0/s1. The van der Waals surface area contributed by atoms with Gasteiger partial charge >= 0.3 is 5.63 Å². The van der Waals surface area contributed by atoms with Crippen LogP contribution in [-0.2, 0) is 0 Å². The molecule has 4 nitrogen and oxygen atoms in total. The van der Waals surface area contributed by atoms with E-state index in [1.807, 2.05) is 42.5 Å². The molecule has 1 N–H and O–H groups in total. The zero-order valence-corrected chi connectivity index (χ0v) is 13.5. The number of hydrogen-bond acceptors (Lipinski definition) is 3. The topological polar surface area (TPSA) is 59.3 Å². The van der Waals surface area contributed by atoms with Gasteiger partial charge in [-0.05, 0) is 24.1 Å². The Balaban J connectivity index is 1.77. The summed E-state index contributed by atoms with van der Waals surface area (Å²) in [6.45, 7) is 2.56. The normalized spacial score (nSPS) is 12.0. The van der Waals surface area contributed by atoms with E-state index in [0.717, 1.165) is 11.8 Å². The maximum absolute atomic E-state index is 12.4. The largest absolute Gasteiger partial charge is 0.422 e. The summed E-state index contributed by atoms with van der Waals surface area (Å²) in [5.74, 6) is -0.188. The Morgan fingerprint density at radius 2 is 1.79 bits per heavy atom. The van der Waals surface area contributed by atoms with Gasteiger partial charge in [-0.1, -0.05) is 55.5 Å². The molecule has 4 heteroatoms. The van der Waals surface area contributed by atoms with Gasteiger partial charge in [0.05, 0.1) is 0 Å². The summed E-state index contributed by atoms with van der Waals surface area (Å²) in [5.41, 5.74) is 1.08. The molecule has 122 valence electrons. The minimum absolute atomic E-state index is 0.0385. The van der Waals surface area contributed by atoms with Crippen molar-refractivity contribution >= 4 is 16.9 Å². The van der Waals surface area contributed by atoms with Crippen LogP contribution >= 0.6 is 0 Å². The lowest BCUT2D eigenvalue weighted by molar-refractivity contribution is 0.0947. The van der Waals surface area contributed by atoms with Crippen molar-refractivity contribution in [3.63, 3.8) is 0 Å². The molecule has 0 saturated heterocycles. The van der Waals surface area contributed by atoms with Crippen molar-refractivity contribution in [2.24, 2.45) is 0 Å². The molecule has 0 unspecified atom stereocenters. The predicted molar refractivity (Wildman–Crippen MR) is 94.3 cm³/mol. The van der Waals surface area contributed by atoms with Crippen LogP contribution in [0.5, 0.6) is 0 Å². The summed E-state index contributed by atoms with van der Waals surface area (Å²) < 4.78 is 5.22. The second kappa shape index (κ2) is 7.13. The Morgan fingerprint density at radius 3 is 2.54 bits per heavy atom. The van der Waals surface area contributed by atoms with Crippen LogP contribution in [0.2, 0.25) is 0 Å². The Kier molecular flexibility index (Phi) is 4.75. The summed E-state index contributed by atoms with van der Waals surface area (Å²) >= 11 is 0. The molecule has 0 aliphatic heterocycles. The number of hydrogen-bond donors (Lipinski definition) is 1. The molecule has 1 amide bonds. The molecule has 1 heterocycles. The maximum atomic E-state index is 12.4. The summed E-state index contributed by atoms with van der Waals surface area (Å²) in [6.07, 6.45) is 0.899. The molecule has 3 rings (SSSR count). The Hall–Kier alpha value is -2.88. The molecule has 0 aliphatic rings. The second-order valence-electron chi connectivity index (χ2n) is 5.71. The summed E-state index contributed by atoms with van der Waals surface area (Å²) in [6, 6.07) is 18.8. The van der Waals surface area contributed by atoms with Gasteiger partial charge in [-0.25, -0.2) is 4.79 Å². The fraction of sp³-hybridized carbons (Fsp3) is 0.200. The Morgan fingerprint density at radius 1 is 1.08 bits per heavy atom. The summed E-state index contributed by atoms with van der Waals surface area (Å²) in [5, 5.41) is 3.59. The molecular formula is C20H19NO3. The molecule has 0 aliphatic carbocycles. The number of benzene rings is 2. The molecule has 0 radical (unpaired) electrons. The van der Waals surface area contributed by atoms with Crippen LogP contribution in [0.1, 0.15) is 35.2 Å². The van der Waals surface area contributed by atoms with E-state index in [9.17, 15) is 9.59 Å². The number of nitrogens with one attached hydrogen (secondary N) is 1. The minimum atomic E-state index is -0.612. The number of carbonyl (C=O) groups excluding carboxylic acids is 1. The molecule has 0 saturated carbocycles. The highest BCUT2D eigenvalue weighted by Gasteiger charge is 2.16. The van der Waals surface area contributed by atoms with Crippen molar-refractivity contribution in [1.29, 1.82) is 0 Å². The molecule has 0 spiro atoms. The molecule has 0 fully saturated rings. The van der Waals surface area contributed by atoms with Gasteiger partial charge in [-0.2, -0.15) is 0 Å². The molecule has 2 aromatic carbocycles. The van der Waals surface area contributed by atoms with Gasteiger partial charge in [-0.3, -0.25) is 4.79 Å². The fourth-order valence-corrected chi connectivity index (χ4v) is 2.75. The Labute approximate surface area is 140 Å². The second-order valence-corrected chi connectivity index (χ2v) is 5.71. The highest BCUT2D eigenvalue weighted by Crippen LogP contribution is 2.18. The van der Waals surface area contributed by atoms with Crippen molar-refractivity contribution in [2.75, 3.05) is 6.54 Å². The van der Waals surface area contributed by atoms with E-state index in [-0.39, 0.29) is 11.5 Å². The van der Waals surface area contributed by atoms with E-state index in [2.05, 4.69) is 12.2 Å². The summed E-state index contributed by atoms with van der Waals surface area (Å²) in [7, 11) is 0. The van der Waals surface area contributed by atoms with Crippen LogP contribution in [-0.4, -0.2) is 12.5 Å². The predicted octanol–water partition coefficient (Wildman–Crippen LogP) is 3.72. The van der Waals surface area contributed by atoms with E-state index >= 15 is 0 Å². The van der Waals surface area contributed by atoms with E-state index in [1.54, 1.807) is 18.2 Å². The maximum Gasteiger partial charge on any atom is 0.349 e. The molecule has 3 aromatic rings. The van der Waals surface area contributed by atoms with Gasteiger partial charge in [0, 0.05) is 17.8 Å². The van der Waals surface area contributed by atoms with Crippen LogP contribution in [0, 0.1) is 0 Å². The smallest absolute Gasteiger partial charge is 0.349 e. The number of fused-ring (bicyclic) bond motifs is 1. The van der Waals surface area contributed by atoms with Crippen molar-refractivity contribution in [3.8, 4) is 0 Å². The van der Waals surface area contributed by atoms with E-state index < -0.39 is 11.5 Å². The average Bonchev–Trinajstić information content (AvgIpc) is 2.62. The zero-order valence-electron chi connectivity index (χ0n) is 13.5. The Bertz CT molecular complexity index is 899. The minimum Gasteiger partial charge on any atom is -0.422 e. The quantitative estimate of drug-likeness (QED) is 0.729. The first-order valence-electron chi connectivity index (χ1n) is 8.05. The zero-order chi connectivity index (χ0) is 16.9. The monoisotopic (exact) mass is 321 g/mol. The molecule has 0 bridgehead atoms. The van der Waals surface area contributed by atoms with Gasteiger partial charge in [-0.15, -0.1) is 0 Å². The van der Waals surface area contributed by atoms with Crippen LogP contribution in [0.3, 0.4) is 0 Å². The van der Waals surface area contributed by atoms with Crippen LogP contribution in [0.15, 0.2) is 69.9 Å². The number of rotatable bonds is 5. The third kappa shape index (κ3) is 3.38. The van der Waals surface area contributed by atoms with Gasteiger partial charge in [0.15, 0.2) is 0 Å². The van der Waals surface area contributed by atoms with Crippen molar-refractivity contribution in [1.82, 2.24) is 5.32 Å². The van der Waals surface area contributed by atoms with Crippen LogP contribution < -0.4 is 10.9 Å². The molecule has 1 atom stereocenters. The van der Waals surface area contributed by atoms with Crippen molar-refractivity contribution < 1.29 is 9.21 Å². The first-order valence-corrected chi connectivity index (χ1v) is 8.05. The third-order valence-electron chi connectivity index (χ3n) is 4.16. The highest BCUT2D eigenvalue weighted by atomic mass is 16.4. The third-order valence-corrected chi connectivity index (χ3v) is 4.16. The van der Waals surface area contributed by atoms with Gasteiger partial charge in [0.2, 0.25) is 0 Å². The lowest BCUT2D eigenvalue weighted by atomic mass is 9.96. The number of carbonyl (C=O) groups is 1. The lowest BCUT2D eigenvalue weighted by Crippen LogP contribution is -2.31. The first kappa shape index (κ1) is 16.0. The summed E-state index contributed by atoms with van der Waals surface area (Å²) in [4.78, 5) is 24.4. The SMILES string of the molecule is CC[C@@H](CNC(=O)c1cc2ccccc2oc1=O)c1ccccc1. The average molecular weight is 321 g/mol.